The van der Waals surface area contributed by atoms with Crippen molar-refractivity contribution >= 4 is 60.4 Å². The van der Waals surface area contributed by atoms with Crippen LogP contribution in [0.4, 0.5) is 17.1 Å². The monoisotopic (exact) mass is 695 g/mol. The predicted octanol–water partition coefficient (Wildman–Crippen LogP) is 14.9. The molecule has 0 unspecified atom stereocenters. The minimum absolute atomic E-state index is 0.910. The molecule has 0 N–H and O–H groups in total. The van der Waals surface area contributed by atoms with Crippen molar-refractivity contribution in [1.29, 1.82) is 0 Å². The van der Waals surface area contributed by atoms with Crippen LogP contribution in [0.25, 0.3) is 75.8 Å². The summed E-state index contributed by atoms with van der Waals surface area (Å²) in [7, 11) is 0. The molecule has 0 bridgehead atoms. The molecule has 10 rings (SSSR count). The first kappa shape index (κ1) is 31.1. The lowest BCUT2D eigenvalue weighted by Crippen LogP contribution is -2.09. The zero-order chi connectivity index (χ0) is 35.1. The molecular weight excluding hydrogens is 663 g/mol. The van der Waals surface area contributed by atoms with Gasteiger partial charge in [-0.3, -0.25) is 0 Å². The number of hydrogen-bond donors (Lipinski definition) is 0. The highest BCUT2D eigenvalue weighted by Crippen LogP contribution is 2.41. The van der Waals surface area contributed by atoms with E-state index in [2.05, 4.69) is 193 Å². The van der Waals surface area contributed by atoms with Crippen LogP contribution in [-0.4, -0.2) is 0 Å². The molecule has 0 aliphatic rings. The Hall–Kier alpha value is -6.68. The Balaban J connectivity index is 1.01. The van der Waals surface area contributed by atoms with Crippen LogP contribution in [-0.2, 0) is 0 Å². The fourth-order valence-corrected chi connectivity index (χ4v) is 8.47. The SMILES string of the molecule is c1ccc(-c2ccc(-c3ccc(N(c4ccc(-c5cc6ccccc6s5)cc4)c4ccc(-c5cccc6c5oc5ccccc56)cc4)cc3)cc2)cc1. The number of rotatable bonds is 7. The Morgan fingerprint density at radius 2 is 0.887 bits per heavy atom. The van der Waals surface area contributed by atoms with Gasteiger partial charge in [0.05, 0.1) is 0 Å². The van der Waals surface area contributed by atoms with E-state index >= 15 is 0 Å². The Morgan fingerprint density at radius 3 is 1.55 bits per heavy atom. The van der Waals surface area contributed by atoms with Gasteiger partial charge in [0.1, 0.15) is 11.2 Å². The van der Waals surface area contributed by atoms with Gasteiger partial charge in [-0.05, 0) is 93.4 Å². The first-order valence-corrected chi connectivity index (χ1v) is 18.7. The van der Waals surface area contributed by atoms with E-state index in [1.807, 2.05) is 23.5 Å². The van der Waals surface area contributed by atoms with Crippen molar-refractivity contribution in [2.75, 3.05) is 4.90 Å². The van der Waals surface area contributed by atoms with Crippen LogP contribution in [0.2, 0.25) is 0 Å². The fourth-order valence-electron chi connectivity index (χ4n) is 7.40. The van der Waals surface area contributed by atoms with E-state index in [1.165, 1.54) is 42.8 Å². The molecule has 0 aliphatic carbocycles. The largest absolute Gasteiger partial charge is 0.455 e. The third-order valence-electron chi connectivity index (χ3n) is 10.1. The molecule has 3 heteroatoms. The minimum Gasteiger partial charge on any atom is -0.455 e. The molecule has 0 saturated carbocycles. The molecule has 0 fully saturated rings. The number of thiophene rings is 1. The molecule has 2 heterocycles. The van der Waals surface area contributed by atoms with Crippen LogP contribution in [0, 0.1) is 0 Å². The molecule has 0 atom stereocenters. The number of furan rings is 1. The summed E-state index contributed by atoms with van der Waals surface area (Å²) in [6.07, 6.45) is 0. The van der Waals surface area contributed by atoms with E-state index in [9.17, 15) is 0 Å². The van der Waals surface area contributed by atoms with Gasteiger partial charge in [0, 0.05) is 43.0 Å². The van der Waals surface area contributed by atoms with Crippen LogP contribution in [0.5, 0.6) is 0 Å². The summed E-state index contributed by atoms with van der Waals surface area (Å²) < 4.78 is 7.70. The molecule has 0 radical (unpaired) electrons. The van der Waals surface area contributed by atoms with Crippen LogP contribution in [0.15, 0.2) is 205 Å². The third kappa shape index (κ3) is 5.78. The number of hydrogen-bond acceptors (Lipinski definition) is 3. The van der Waals surface area contributed by atoms with Crippen molar-refractivity contribution in [3.63, 3.8) is 0 Å². The highest BCUT2D eigenvalue weighted by Gasteiger charge is 2.16. The number of para-hydroxylation sites is 2. The van der Waals surface area contributed by atoms with Crippen molar-refractivity contribution in [3.05, 3.63) is 200 Å². The van der Waals surface area contributed by atoms with Gasteiger partial charge in [0.2, 0.25) is 0 Å². The standard InChI is InChI=1S/C50H33NOS/c1-2-9-34(10-3-1)35-17-19-36(20-18-35)37-21-27-41(28-22-37)51(43-31-25-39(26-32-43)49-33-40-11-4-7-16-48(40)53-49)42-29-23-38(24-30-42)44-13-8-14-46-45-12-5-6-15-47(45)52-50(44)46/h1-33H. The number of benzene rings is 8. The van der Waals surface area contributed by atoms with Crippen molar-refractivity contribution in [2.45, 2.75) is 0 Å². The Morgan fingerprint density at radius 1 is 0.377 bits per heavy atom. The molecule has 0 aliphatic heterocycles. The average molecular weight is 696 g/mol. The molecule has 2 nitrogen and oxygen atoms in total. The van der Waals surface area contributed by atoms with Gasteiger partial charge < -0.3 is 9.32 Å². The third-order valence-corrected chi connectivity index (χ3v) is 11.3. The van der Waals surface area contributed by atoms with Crippen LogP contribution < -0.4 is 4.90 Å². The normalized spacial score (nSPS) is 11.4. The maximum absolute atomic E-state index is 6.39. The van der Waals surface area contributed by atoms with E-state index in [1.54, 1.807) is 0 Å². The molecule has 0 amide bonds. The topological polar surface area (TPSA) is 16.4 Å². The molecule has 0 saturated heterocycles. The fraction of sp³-hybridized carbons (Fsp3) is 0. The highest BCUT2D eigenvalue weighted by molar-refractivity contribution is 7.22. The summed E-state index contributed by atoms with van der Waals surface area (Å²) in [6.45, 7) is 0. The van der Waals surface area contributed by atoms with Crippen LogP contribution in [0.1, 0.15) is 0 Å². The smallest absolute Gasteiger partial charge is 0.143 e. The average Bonchev–Trinajstić information content (AvgIpc) is 3.85. The summed E-state index contributed by atoms with van der Waals surface area (Å²) in [6, 6.07) is 71.6. The van der Waals surface area contributed by atoms with Gasteiger partial charge in [0.15, 0.2) is 0 Å². The highest BCUT2D eigenvalue weighted by atomic mass is 32.1. The van der Waals surface area contributed by atoms with Gasteiger partial charge >= 0.3 is 0 Å². The molecule has 2 aromatic heterocycles. The van der Waals surface area contributed by atoms with Crippen LogP contribution >= 0.6 is 11.3 Å². The van der Waals surface area contributed by atoms with Gasteiger partial charge in [-0.2, -0.15) is 0 Å². The Bertz CT molecular complexity index is 2820. The van der Waals surface area contributed by atoms with Gasteiger partial charge in [-0.25, -0.2) is 0 Å². The molecule has 0 spiro atoms. The molecule has 53 heavy (non-hydrogen) atoms. The zero-order valence-electron chi connectivity index (χ0n) is 28.8. The lowest BCUT2D eigenvalue weighted by Gasteiger charge is -2.26. The summed E-state index contributed by atoms with van der Waals surface area (Å²) >= 11 is 1.84. The number of anilines is 3. The second kappa shape index (κ2) is 13.1. The lowest BCUT2D eigenvalue weighted by molar-refractivity contribution is 0.670. The van der Waals surface area contributed by atoms with Crippen molar-refractivity contribution < 1.29 is 4.42 Å². The van der Waals surface area contributed by atoms with E-state index < -0.39 is 0 Å². The Labute approximate surface area is 312 Å². The zero-order valence-corrected chi connectivity index (χ0v) is 29.6. The van der Waals surface area contributed by atoms with E-state index in [0.717, 1.165) is 50.1 Å². The van der Waals surface area contributed by atoms with Crippen LogP contribution in [0.3, 0.4) is 0 Å². The van der Waals surface area contributed by atoms with E-state index in [0.29, 0.717) is 0 Å². The second-order valence-corrected chi connectivity index (χ2v) is 14.4. The minimum atomic E-state index is 0.910. The number of fused-ring (bicyclic) bond motifs is 4. The predicted molar refractivity (Wildman–Crippen MR) is 226 cm³/mol. The summed E-state index contributed by atoms with van der Waals surface area (Å²) in [4.78, 5) is 3.61. The molecule has 250 valence electrons. The van der Waals surface area contributed by atoms with Crippen molar-refractivity contribution in [3.8, 4) is 43.8 Å². The quantitative estimate of drug-likeness (QED) is 0.165. The Kier molecular flexibility index (Phi) is 7.71. The van der Waals surface area contributed by atoms with E-state index in [4.69, 9.17) is 4.42 Å². The van der Waals surface area contributed by atoms with Crippen molar-refractivity contribution in [2.24, 2.45) is 0 Å². The molecule has 8 aromatic carbocycles. The van der Waals surface area contributed by atoms with Crippen molar-refractivity contribution in [1.82, 2.24) is 0 Å². The van der Waals surface area contributed by atoms with Gasteiger partial charge in [-0.15, -0.1) is 11.3 Å². The number of nitrogens with zero attached hydrogens (tertiary/aromatic N) is 1. The van der Waals surface area contributed by atoms with Gasteiger partial charge in [-0.1, -0.05) is 146 Å². The molecular formula is C50H33NOS. The summed E-state index contributed by atoms with van der Waals surface area (Å²) in [5.74, 6) is 0. The first-order chi connectivity index (χ1) is 26.2. The molecule has 10 aromatic rings. The second-order valence-electron chi connectivity index (χ2n) is 13.3. The lowest BCUT2D eigenvalue weighted by atomic mass is 10.00. The van der Waals surface area contributed by atoms with Gasteiger partial charge in [0.25, 0.3) is 0 Å². The van der Waals surface area contributed by atoms with E-state index in [-0.39, 0.29) is 0 Å². The maximum atomic E-state index is 6.39. The summed E-state index contributed by atoms with van der Waals surface area (Å²) in [5, 5.41) is 3.56. The first-order valence-electron chi connectivity index (χ1n) is 17.9. The summed E-state index contributed by atoms with van der Waals surface area (Å²) in [5.41, 5.74) is 13.4. The maximum Gasteiger partial charge on any atom is 0.143 e.